The Morgan fingerprint density at radius 2 is 1.69 bits per heavy atom. The van der Waals surface area contributed by atoms with E-state index in [9.17, 15) is 4.79 Å². The Labute approximate surface area is 161 Å². The molecule has 1 heterocycles. The lowest BCUT2D eigenvalue weighted by atomic mass is 10.1. The van der Waals surface area contributed by atoms with Crippen LogP contribution in [-0.4, -0.2) is 15.9 Å². The Morgan fingerprint density at radius 1 is 1.00 bits per heavy atom. The van der Waals surface area contributed by atoms with E-state index in [1.165, 1.54) is 12.4 Å². The van der Waals surface area contributed by atoms with Gasteiger partial charge in [-0.15, -0.1) is 0 Å². The van der Waals surface area contributed by atoms with Crippen LogP contribution in [0.15, 0.2) is 60.9 Å². The molecule has 1 unspecified atom stereocenters. The number of carbonyl (C=O) groups excluding carboxylic acids is 1. The first-order valence-electron chi connectivity index (χ1n) is 7.92. The maximum absolute atomic E-state index is 12.3. The lowest BCUT2D eigenvalue weighted by Crippen LogP contribution is -2.27. The first-order chi connectivity index (χ1) is 12.5. The highest BCUT2D eigenvalue weighted by molar-refractivity contribution is 6.35. The summed E-state index contributed by atoms with van der Waals surface area (Å²) in [5.41, 5.74) is 1.94. The number of halogens is 2. The topological polar surface area (TPSA) is 66.9 Å². The molecule has 7 heteroatoms. The quantitative estimate of drug-likeness (QED) is 0.645. The summed E-state index contributed by atoms with van der Waals surface area (Å²) in [6.45, 7) is 1.92. The molecule has 1 amide bonds. The molecule has 0 aliphatic carbocycles. The minimum atomic E-state index is -0.286. The van der Waals surface area contributed by atoms with Crippen LogP contribution in [0.5, 0.6) is 0 Å². The normalized spacial score (nSPS) is 11.7. The minimum Gasteiger partial charge on any atom is -0.344 e. The average Bonchev–Trinajstić information content (AvgIpc) is 2.62. The Morgan fingerprint density at radius 3 is 2.31 bits per heavy atom. The van der Waals surface area contributed by atoms with Gasteiger partial charge >= 0.3 is 0 Å². The second-order valence-corrected chi connectivity index (χ2v) is 6.55. The molecule has 0 saturated heterocycles. The second-order valence-electron chi connectivity index (χ2n) is 5.68. The molecule has 3 aromatic rings. The van der Waals surface area contributed by atoms with Crippen LogP contribution < -0.4 is 10.6 Å². The third kappa shape index (κ3) is 4.71. The monoisotopic (exact) mass is 386 g/mol. The fourth-order valence-corrected chi connectivity index (χ4v) is 2.91. The van der Waals surface area contributed by atoms with Gasteiger partial charge in [-0.3, -0.25) is 4.79 Å². The summed E-state index contributed by atoms with van der Waals surface area (Å²) >= 11 is 11.9. The fourth-order valence-electron chi connectivity index (χ4n) is 2.38. The summed E-state index contributed by atoms with van der Waals surface area (Å²) in [7, 11) is 0. The van der Waals surface area contributed by atoms with Crippen LogP contribution >= 0.6 is 23.2 Å². The predicted molar refractivity (Wildman–Crippen MR) is 104 cm³/mol. The molecule has 0 aliphatic heterocycles. The van der Waals surface area contributed by atoms with Gasteiger partial charge in [-0.25, -0.2) is 9.97 Å². The number of amides is 1. The maximum Gasteiger partial charge on any atom is 0.271 e. The van der Waals surface area contributed by atoms with Crippen LogP contribution in [0.25, 0.3) is 0 Å². The molecule has 2 aromatic carbocycles. The van der Waals surface area contributed by atoms with Gasteiger partial charge in [0.25, 0.3) is 5.91 Å². The number of hydrogen-bond donors (Lipinski definition) is 2. The molecule has 1 aromatic heterocycles. The summed E-state index contributed by atoms with van der Waals surface area (Å²) in [5.74, 6) is 0.196. The van der Waals surface area contributed by atoms with Crippen molar-refractivity contribution in [1.82, 2.24) is 15.3 Å². The third-order valence-electron chi connectivity index (χ3n) is 3.67. The zero-order chi connectivity index (χ0) is 18.5. The molecule has 0 aliphatic rings. The number of hydrogen-bond acceptors (Lipinski definition) is 4. The van der Waals surface area contributed by atoms with Gasteiger partial charge in [-0.05, 0) is 30.7 Å². The van der Waals surface area contributed by atoms with Crippen molar-refractivity contribution in [2.45, 2.75) is 13.0 Å². The van der Waals surface area contributed by atoms with Crippen LogP contribution in [0.3, 0.4) is 0 Å². The Hall–Kier alpha value is -2.63. The Bertz CT molecular complexity index is 881. The van der Waals surface area contributed by atoms with E-state index in [2.05, 4.69) is 20.6 Å². The van der Waals surface area contributed by atoms with E-state index in [-0.39, 0.29) is 17.6 Å². The lowest BCUT2D eigenvalue weighted by Gasteiger charge is -2.14. The third-order valence-corrected chi connectivity index (χ3v) is 4.10. The van der Waals surface area contributed by atoms with E-state index in [0.29, 0.717) is 21.6 Å². The Balaban J connectivity index is 1.66. The molecule has 132 valence electrons. The van der Waals surface area contributed by atoms with E-state index < -0.39 is 0 Å². The zero-order valence-corrected chi connectivity index (χ0v) is 15.4. The van der Waals surface area contributed by atoms with Crippen LogP contribution in [0.1, 0.15) is 29.0 Å². The number of benzene rings is 2. The van der Waals surface area contributed by atoms with Crippen LogP contribution in [-0.2, 0) is 0 Å². The van der Waals surface area contributed by atoms with Crippen LogP contribution in [0.4, 0.5) is 11.5 Å². The van der Waals surface area contributed by atoms with Crippen LogP contribution in [0.2, 0.25) is 10.0 Å². The van der Waals surface area contributed by atoms with Crippen molar-refractivity contribution in [3.05, 3.63) is 82.2 Å². The summed E-state index contributed by atoms with van der Waals surface area (Å²) < 4.78 is 0. The number of rotatable bonds is 5. The van der Waals surface area contributed by atoms with E-state index in [0.717, 1.165) is 5.56 Å². The fraction of sp³-hybridized carbons (Fsp3) is 0.105. The molecule has 0 radical (unpaired) electrons. The summed E-state index contributed by atoms with van der Waals surface area (Å²) in [4.78, 5) is 20.7. The highest BCUT2D eigenvalue weighted by Gasteiger charge is 2.13. The van der Waals surface area contributed by atoms with Gasteiger partial charge in [0, 0.05) is 15.7 Å². The molecular formula is C19H16Cl2N4O. The van der Waals surface area contributed by atoms with Crippen molar-refractivity contribution < 1.29 is 4.79 Å². The highest BCUT2D eigenvalue weighted by Crippen LogP contribution is 2.24. The number of aromatic nitrogens is 2. The number of nitrogens with zero attached hydrogens (tertiary/aromatic N) is 2. The number of carbonyl (C=O) groups is 1. The molecule has 0 fully saturated rings. The van der Waals surface area contributed by atoms with Gasteiger partial charge in [0.2, 0.25) is 0 Å². The van der Waals surface area contributed by atoms with Crippen molar-refractivity contribution in [3.8, 4) is 0 Å². The van der Waals surface area contributed by atoms with Gasteiger partial charge in [0.05, 0.1) is 18.4 Å². The van der Waals surface area contributed by atoms with Crippen molar-refractivity contribution in [2.75, 3.05) is 5.32 Å². The molecule has 2 N–H and O–H groups in total. The molecule has 0 saturated carbocycles. The number of anilines is 2. The lowest BCUT2D eigenvalue weighted by molar-refractivity contribution is 0.0934. The smallest absolute Gasteiger partial charge is 0.271 e. The first kappa shape index (κ1) is 18.2. The summed E-state index contributed by atoms with van der Waals surface area (Å²) in [5, 5.41) is 6.97. The predicted octanol–water partition coefficient (Wildman–Crippen LogP) is 5.02. The van der Waals surface area contributed by atoms with Gasteiger partial charge in [0.1, 0.15) is 11.5 Å². The van der Waals surface area contributed by atoms with Crippen molar-refractivity contribution in [1.29, 1.82) is 0 Å². The molecule has 0 bridgehead atoms. The molecule has 26 heavy (non-hydrogen) atoms. The molecule has 5 nitrogen and oxygen atoms in total. The maximum atomic E-state index is 12.3. The highest BCUT2D eigenvalue weighted by atomic mass is 35.5. The average molecular weight is 387 g/mol. The van der Waals surface area contributed by atoms with E-state index in [1.54, 1.807) is 18.2 Å². The van der Waals surface area contributed by atoms with Gasteiger partial charge in [0.15, 0.2) is 0 Å². The summed E-state index contributed by atoms with van der Waals surface area (Å²) in [6, 6.07) is 14.7. The van der Waals surface area contributed by atoms with Crippen LogP contribution in [0, 0.1) is 0 Å². The van der Waals surface area contributed by atoms with Crippen molar-refractivity contribution in [3.63, 3.8) is 0 Å². The van der Waals surface area contributed by atoms with Gasteiger partial charge in [-0.2, -0.15) is 0 Å². The zero-order valence-electron chi connectivity index (χ0n) is 13.9. The van der Waals surface area contributed by atoms with E-state index in [4.69, 9.17) is 23.2 Å². The number of nitrogens with one attached hydrogen (secondary N) is 2. The van der Waals surface area contributed by atoms with E-state index >= 15 is 0 Å². The molecular weight excluding hydrogens is 371 g/mol. The van der Waals surface area contributed by atoms with Gasteiger partial charge in [-0.1, -0.05) is 53.5 Å². The van der Waals surface area contributed by atoms with Crippen molar-refractivity contribution in [2.24, 2.45) is 0 Å². The largest absolute Gasteiger partial charge is 0.344 e. The standard InChI is InChI=1S/C19H16Cl2N4O/c1-12(13-5-3-2-4-6-13)24-19(26)17-10-23-18(11-22-17)25-16-8-14(20)7-15(21)9-16/h2-12H,1H3,(H,23,25)(H,24,26). The minimum absolute atomic E-state index is 0.128. The summed E-state index contributed by atoms with van der Waals surface area (Å²) in [6.07, 6.45) is 2.90. The molecule has 0 spiro atoms. The van der Waals surface area contributed by atoms with Gasteiger partial charge < -0.3 is 10.6 Å². The second kappa shape index (κ2) is 8.17. The SMILES string of the molecule is CC(NC(=O)c1cnc(Nc2cc(Cl)cc(Cl)c2)cn1)c1ccccc1. The Kier molecular flexibility index (Phi) is 5.71. The van der Waals surface area contributed by atoms with E-state index in [1.807, 2.05) is 37.3 Å². The van der Waals surface area contributed by atoms with Crippen molar-refractivity contribution >= 4 is 40.6 Å². The molecule has 1 atom stereocenters. The first-order valence-corrected chi connectivity index (χ1v) is 8.68. The molecule has 3 rings (SSSR count).